The second-order valence-electron chi connectivity index (χ2n) is 4.75. The fourth-order valence-electron chi connectivity index (χ4n) is 2.18. The van der Waals surface area contributed by atoms with E-state index < -0.39 is 27.9 Å². The molecular weight excluding hydrogens is 284 g/mol. The molecule has 0 bridgehead atoms. The molecule has 1 heterocycles. The third kappa shape index (κ3) is 2.66. The topological polar surface area (TPSA) is 118 Å². The van der Waals surface area contributed by atoms with Crippen molar-refractivity contribution in [3.63, 3.8) is 0 Å². The number of primary amides is 1. The Kier molecular flexibility index (Phi) is 3.53. The first kappa shape index (κ1) is 14.5. The number of anilines is 1. The van der Waals surface area contributed by atoms with E-state index in [9.17, 15) is 22.6 Å². The summed E-state index contributed by atoms with van der Waals surface area (Å²) in [5.74, 6) is -1.66. The van der Waals surface area contributed by atoms with Crippen molar-refractivity contribution in [2.24, 2.45) is 11.7 Å². The molecule has 20 heavy (non-hydrogen) atoms. The van der Waals surface area contributed by atoms with Crippen molar-refractivity contribution in [3.8, 4) is 0 Å². The molecule has 2 amide bonds. The summed E-state index contributed by atoms with van der Waals surface area (Å²) in [6, 6.07) is 4.32. The van der Waals surface area contributed by atoms with Crippen LogP contribution in [-0.4, -0.2) is 31.3 Å². The van der Waals surface area contributed by atoms with E-state index in [1.165, 1.54) is 12.1 Å². The van der Waals surface area contributed by atoms with Crippen molar-refractivity contribution >= 4 is 27.6 Å². The molecule has 1 aliphatic rings. The van der Waals surface area contributed by atoms with Crippen LogP contribution in [0.25, 0.3) is 0 Å². The minimum absolute atomic E-state index is 0.0136. The average molecular weight is 298 g/mol. The first-order valence-electron chi connectivity index (χ1n) is 5.88. The minimum Gasteiger partial charge on any atom is -0.369 e. The third-order valence-electron chi connectivity index (χ3n) is 3.21. The maximum absolute atomic E-state index is 11.9. The number of carbonyl (C=O) groups excluding carboxylic acids is 2. The van der Waals surface area contributed by atoms with Crippen LogP contribution in [0.3, 0.4) is 0 Å². The van der Waals surface area contributed by atoms with E-state index >= 15 is 0 Å². The number of nitrogens with zero attached hydrogens (tertiary/aromatic N) is 1. The molecule has 1 unspecified atom stereocenters. The number of rotatable bonds is 3. The van der Waals surface area contributed by atoms with Crippen molar-refractivity contribution in [1.82, 2.24) is 0 Å². The summed E-state index contributed by atoms with van der Waals surface area (Å²) in [4.78, 5) is 23.8. The Balaban J connectivity index is 2.49. The lowest BCUT2D eigenvalue weighted by molar-refractivity contribution is -0.123. The van der Waals surface area contributed by atoms with Gasteiger partial charge < -0.3 is 10.6 Å². The highest BCUT2D eigenvalue weighted by Crippen LogP contribution is 2.31. The minimum atomic E-state index is -4.46. The largest absolute Gasteiger partial charge is 0.369 e. The van der Waals surface area contributed by atoms with Crippen LogP contribution < -0.4 is 10.6 Å². The van der Waals surface area contributed by atoms with Crippen LogP contribution in [0, 0.1) is 12.8 Å². The van der Waals surface area contributed by atoms with E-state index in [2.05, 4.69) is 0 Å². The summed E-state index contributed by atoms with van der Waals surface area (Å²) in [5, 5.41) is 0. The summed E-state index contributed by atoms with van der Waals surface area (Å²) in [6.45, 7) is 1.68. The normalized spacial score (nSPS) is 19.4. The first-order valence-corrected chi connectivity index (χ1v) is 7.32. The van der Waals surface area contributed by atoms with E-state index in [0.29, 0.717) is 5.56 Å². The quantitative estimate of drug-likeness (QED) is 0.766. The highest BCUT2D eigenvalue weighted by Gasteiger charge is 2.36. The first-order chi connectivity index (χ1) is 9.20. The van der Waals surface area contributed by atoms with Crippen molar-refractivity contribution < 1.29 is 22.6 Å². The van der Waals surface area contributed by atoms with Crippen LogP contribution in [0.1, 0.15) is 12.0 Å². The number of amides is 2. The van der Waals surface area contributed by atoms with E-state index in [1.54, 1.807) is 13.0 Å². The zero-order chi connectivity index (χ0) is 15.1. The molecule has 1 aromatic carbocycles. The number of nitrogens with two attached hydrogens (primary N) is 1. The Morgan fingerprint density at radius 2 is 2.10 bits per heavy atom. The number of hydrogen-bond donors (Lipinski definition) is 2. The molecule has 1 aliphatic heterocycles. The smallest absolute Gasteiger partial charge is 0.296 e. The molecule has 7 nitrogen and oxygen atoms in total. The molecule has 2 rings (SSSR count). The standard InChI is InChI=1S/C12H14N2O5S/c1-7-2-3-9(10(4-7)20(17,18)19)14-6-8(12(13)16)5-11(14)15/h2-4,8H,5-6H2,1H3,(H2,13,16)(H,17,18,19). The Hall–Kier alpha value is -1.93. The Morgan fingerprint density at radius 3 is 2.60 bits per heavy atom. The van der Waals surface area contributed by atoms with E-state index in [-0.39, 0.29) is 23.5 Å². The van der Waals surface area contributed by atoms with E-state index in [4.69, 9.17) is 5.73 Å². The fourth-order valence-corrected chi connectivity index (χ4v) is 2.96. The van der Waals surface area contributed by atoms with Gasteiger partial charge in [-0.05, 0) is 24.6 Å². The van der Waals surface area contributed by atoms with Gasteiger partial charge in [0.25, 0.3) is 10.1 Å². The van der Waals surface area contributed by atoms with Crippen LogP contribution in [0.4, 0.5) is 5.69 Å². The Bertz CT molecular complexity index is 683. The second-order valence-corrected chi connectivity index (χ2v) is 6.14. The Labute approximate surface area is 116 Å². The highest BCUT2D eigenvalue weighted by atomic mass is 32.2. The lowest BCUT2D eigenvalue weighted by atomic mass is 10.1. The predicted molar refractivity (Wildman–Crippen MR) is 70.6 cm³/mol. The molecule has 1 saturated heterocycles. The molecule has 3 N–H and O–H groups in total. The van der Waals surface area contributed by atoms with Crippen LogP contribution in [0.5, 0.6) is 0 Å². The monoisotopic (exact) mass is 298 g/mol. The zero-order valence-electron chi connectivity index (χ0n) is 10.7. The Morgan fingerprint density at radius 1 is 1.45 bits per heavy atom. The maximum Gasteiger partial charge on any atom is 0.296 e. The molecule has 0 spiro atoms. The van der Waals surface area contributed by atoms with Crippen LogP contribution in [0.15, 0.2) is 23.1 Å². The molecule has 0 aliphatic carbocycles. The third-order valence-corrected chi connectivity index (χ3v) is 4.09. The summed E-state index contributed by atoms with van der Waals surface area (Å²) in [5.41, 5.74) is 5.85. The molecule has 1 aromatic rings. The maximum atomic E-state index is 11.9. The summed E-state index contributed by atoms with van der Waals surface area (Å²) >= 11 is 0. The number of hydrogen-bond acceptors (Lipinski definition) is 4. The van der Waals surface area contributed by atoms with E-state index in [0.717, 1.165) is 4.90 Å². The van der Waals surface area contributed by atoms with Crippen molar-refractivity contribution in [1.29, 1.82) is 0 Å². The van der Waals surface area contributed by atoms with E-state index in [1.807, 2.05) is 0 Å². The van der Waals surface area contributed by atoms with Gasteiger partial charge in [-0.2, -0.15) is 8.42 Å². The van der Waals surface area contributed by atoms with Gasteiger partial charge in [-0.3, -0.25) is 14.1 Å². The molecule has 0 aromatic heterocycles. The number of aryl methyl sites for hydroxylation is 1. The zero-order valence-corrected chi connectivity index (χ0v) is 11.6. The SMILES string of the molecule is Cc1ccc(N2CC(C(N)=O)CC2=O)c(S(=O)(=O)O)c1. The van der Waals surface area contributed by atoms with Crippen LogP contribution in [0.2, 0.25) is 0 Å². The summed E-state index contributed by atoms with van der Waals surface area (Å²) in [6.07, 6.45) is -0.0614. The predicted octanol–water partition coefficient (Wildman–Crippen LogP) is 0.0799. The van der Waals surface area contributed by atoms with Gasteiger partial charge in [0.2, 0.25) is 11.8 Å². The van der Waals surface area contributed by atoms with Gasteiger partial charge in [0.15, 0.2) is 0 Å². The van der Waals surface area contributed by atoms with Gasteiger partial charge in [-0.1, -0.05) is 6.07 Å². The number of carbonyl (C=O) groups is 2. The van der Waals surface area contributed by atoms with Crippen molar-refractivity contribution in [3.05, 3.63) is 23.8 Å². The van der Waals surface area contributed by atoms with Gasteiger partial charge in [-0.25, -0.2) is 0 Å². The van der Waals surface area contributed by atoms with Gasteiger partial charge in [0.1, 0.15) is 4.90 Å². The fraction of sp³-hybridized carbons (Fsp3) is 0.333. The molecule has 0 radical (unpaired) electrons. The lowest BCUT2D eigenvalue weighted by Crippen LogP contribution is -2.29. The summed E-state index contributed by atoms with van der Waals surface area (Å²) in [7, 11) is -4.46. The van der Waals surface area contributed by atoms with Crippen molar-refractivity contribution in [2.45, 2.75) is 18.2 Å². The van der Waals surface area contributed by atoms with Gasteiger partial charge in [0, 0.05) is 13.0 Å². The van der Waals surface area contributed by atoms with Gasteiger partial charge in [0.05, 0.1) is 11.6 Å². The molecular formula is C12H14N2O5S. The average Bonchev–Trinajstić information content (AvgIpc) is 2.70. The van der Waals surface area contributed by atoms with Gasteiger partial charge >= 0.3 is 0 Å². The highest BCUT2D eigenvalue weighted by molar-refractivity contribution is 7.86. The molecule has 1 fully saturated rings. The van der Waals surface area contributed by atoms with Crippen LogP contribution >= 0.6 is 0 Å². The molecule has 1 atom stereocenters. The van der Waals surface area contributed by atoms with Crippen molar-refractivity contribution in [2.75, 3.05) is 11.4 Å². The molecule has 108 valence electrons. The lowest BCUT2D eigenvalue weighted by Gasteiger charge is -2.19. The molecule has 8 heteroatoms. The second kappa shape index (κ2) is 4.88. The summed E-state index contributed by atoms with van der Waals surface area (Å²) < 4.78 is 32.1. The number of benzene rings is 1. The molecule has 0 saturated carbocycles. The van der Waals surface area contributed by atoms with Gasteiger partial charge in [-0.15, -0.1) is 0 Å². The van der Waals surface area contributed by atoms with Crippen LogP contribution in [-0.2, 0) is 19.7 Å².